The van der Waals surface area contributed by atoms with Crippen LogP contribution in [0.25, 0.3) is 11.6 Å². The van der Waals surface area contributed by atoms with Crippen LogP contribution in [0, 0.1) is 11.6 Å². The standard InChI is InChI=1S/C19H17F2N3O3/c20-13-4-3-12(15(21)10-13)11-24(14-5-6-14)18(25)8-7-17-22-19(23-27-17)16-2-1-9-26-16/h1-4,9-10,14H,5-8,11H2. The lowest BCUT2D eigenvalue weighted by molar-refractivity contribution is -0.132. The molecule has 0 radical (unpaired) electrons. The molecule has 1 amide bonds. The first-order chi connectivity index (χ1) is 13.1. The third-order valence-electron chi connectivity index (χ3n) is 4.43. The highest BCUT2D eigenvalue weighted by Gasteiger charge is 2.33. The molecule has 2 aromatic heterocycles. The van der Waals surface area contributed by atoms with Crippen LogP contribution in [-0.4, -0.2) is 27.0 Å². The summed E-state index contributed by atoms with van der Waals surface area (Å²) >= 11 is 0. The van der Waals surface area contributed by atoms with Crippen LogP contribution < -0.4 is 0 Å². The molecule has 1 aliphatic carbocycles. The van der Waals surface area contributed by atoms with Crippen LogP contribution in [-0.2, 0) is 17.8 Å². The van der Waals surface area contributed by atoms with Crippen LogP contribution in [0.3, 0.4) is 0 Å². The molecule has 1 saturated carbocycles. The van der Waals surface area contributed by atoms with E-state index in [1.165, 1.54) is 18.4 Å². The van der Waals surface area contributed by atoms with Crippen LogP contribution in [0.2, 0.25) is 0 Å². The Kier molecular flexibility index (Phi) is 4.70. The molecule has 27 heavy (non-hydrogen) atoms. The second-order valence-corrected chi connectivity index (χ2v) is 6.48. The number of carbonyl (C=O) groups excluding carboxylic acids is 1. The smallest absolute Gasteiger partial charge is 0.238 e. The van der Waals surface area contributed by atoms with Gasteiger partial charge >= 0.3 is 0 Å². The second kappa shape index (κ2) is 7.30. The van der Waals surface area contributed by atoms with E-state index >= 15 is 0 Å². The lowest BCUT2D eigenvalue weighted by Gasteiger charge is -2.22. The minimum atomic E-state index is -0.645. The quantitative estimate of drug-likeness (QED) is 0.631. The average Bonchev–Trinajstić information content (AvgIpc) is 3.15. The summed E-state index contributed by atoms with van der Waals surface area (Å²) in [4.78, 5) is 18.5. The van der Waals surface area contributed by atoms with Crippen molar-refractivity contribution in [1.82, 2.24) is 15.0 Å². The summed E-state index contributed by atoms with van der Waals surface area (Å²) in [5.41, 5.74) is 0.301. The molecular formula is C19H17F2N3O3. The van der Waals surface area contributed by atoms with Crippen molar-refractivity contribution >= 4 is 5.91 Å². The van der Waals surface area contributed by atoms with Gasteiger partial charge in [0.15, 0.2) is 5.76 Å². The van der Waals surface area contributed by atoms with Gasteiger partial charge in [-0.3, -0.25) is 4.79 Å². The van der Waals surface area contributed by atoms with E-state index in [-0.39, 0.29) is 31.3 Å². The van der Waals surface area contributed by atoms with Crippen molar-refractivity contribution in [3.8, 4) is 11.6 Å². The molecule has 0 bridgehead atoms. The van der Waals surface area contributed by atoms with E-state index in [1.807, 2.05) is 0 Å². The van der Waals surface area contributed by atoms with Crippen molar-refractivity contribution in [3.05, 3.63) is 59.7 Å². The minimum Gasteiger partial charge on any atom is -0.461 e. The van der Waals surface area contributed by atoms with Crippen LogP contribution >= 0.6 is 0 Å². The number of furan rings is 1. The molecule has 6 nitrogen and oxygen atoms in total. The summed E-state index contributed by atoms with van der Waals surface area (Å²) in [5.74, 6) is -0.257. The number of rotatable bonds is 7. The summed E-state index contributed by atoms with van der Waals surface area (Å²) in [7, 11) is 0. The molecular weight excluding hydrogens is 356 g/mol. The summed E-state index contributed by atoms with van der Waals surface area (Å²) < 4.78 is 37.4. The summed E-state index contributed by atoms with van der Waals surface area (Å²) in [5, 5.41) is 3.83. The van der Waals surface area contributed by atoms with E-state index < -0.39 is 11.6 Å². The molecule has 4 rings (SSSR count). The average molecular weight is 373 g/mol. The van der Waals surface area contributed by atoms with Gasteiger partial charge in [0.2, 0.25) is 17.6 Å². The molecule has 1 fully saturated rings. The second-order valence-electron chi connectivity index (χ2n) is 6.48. The first kappa shape index (κ1) is 17.4. The monoisotopic (exact) mass is 373 g/mol. The van der Waals surface area contributed by atoms with Gasteiger partial charge < -0.3 is 13.8 Å². The first-order valence-corrected chi connectivity index (χ1v) is 8.70. The molecule has 0 N–H and O–H groups in total. The number of halogens is 2. The van der Waals surface area contributed by atoms with Crippen LogP contribution in [0.5, 0.6) is 0 Å². The summed E-state index contributed by atoms with van der Waals surface area (Å²) in [6, 6.07) is 6.94. The molecule has 0 aliphatic heterocycles. The van der Waals surface area contributed by atoms with Gasteiger partial charge in [-0.05, 0) is 31.0 Å². The Morgan fingerprint density at radius 1 is 1.26 bits per heavy atom. The predicted octanol–water partition coefficient (Wildman–Crippen LogP) is 3.73. The van der Waals surface area contributed by atoms with Gasteiger partial charge in [0.25, 0.3) is 0 Å². The van der Waals surface area contributed by atoms with Gasteiger partial charge in [0, 0.05) is 37.1 Å². The lowest BCUT2D eigenvalue weighted by atomic mass is 10.1. The zero-order valence-corrected chi connectivity index (χ0v) is 14.4. The molecule has 3 aromatic rings. The van der Waals surface area contributed by atoms with Gasteiger partial charge in [-0.1, -0.05) is 11.2 Å². The molecule has 0 unspecified atom stereocenters. The normalized spacial score (nSPS) is 13.7. The van der Waals surface area contributed by atoms with E-state index in [9.17, 15) is 13.6 Å². The van der Waals surface area contributed by atoms with E-state index in [1.54, 1.807) is 17.0 Å². The highest BCUT2D eigenvalue weighted by Crippen LogP contribution is 2.30. The van der Waals surface area contributed by atoms with Gasteiger partial charge in [-0.15, -0.1) is 0 Å². The Bertz CT molecular complexity index is 936. The Hall–Kier alpha value is -3.03. The van der Waals surface area contributed by atoms with Crippen LogP contribution in [0.4, 0.5) is 8.78 Å². The van der Waals surface area contributed by atoms with Crippen molar-refractivity contribution in [2.75, 3.05) is 0 Å². The van der Waals surface area contributed by atoms with E-state index in [0.29, 0.717) is 23.0 Å². The highest BCUT2D eigenvalue weighted by atomic mass is 19.1. The Morgan fingerprint density at radius 2 is 2.11 bits per heavy atom. The van der Waals surface area contributed by atoms with Crippen molar-refractivity contribution in [2.24, 2.45) is 0 Å². The SMILES string of the molecule is O=C(CCc1nc(-c2ccco2)no1)N(Cc1ccc(F)cc1F)C1CC1. The van der Waals surface area contributed by atoms with Gasteiger partial charge in [0.05, 0.1) is 6.26 Å². The van der Waals surface area contributed by atoms with Gasteiger partial charge in [-0.2, -0.15) is 4.98 Å². The van der Waals surface area contributed by atoms with Crippen LogP contribution in [0.1, 0.15) is 30.7 Å². The number of nitrogens with zero attached hydrogens (tertiary/aromatic N) is 3. The molecule has 140 valence electrons. The molecule has 1 aromatic carbocycles. The molecule has 1 aliphatic rings. The van der Waals surface area contributed by atoms with E-state index in [0.717, 1.165) is 18.9 Å². The third kappa shape index (κ3) is 4.05. The van der Waals surface area contributed by atoms with Crippen molar-refractivity contribution in [1.29, 1.82) is 0 Å². The topological polar surface area (TPSA) is 72.4 Å². The molecule has 0 atom stereocenters. The summed E-state index contributed by atoms with van der Waals surface area (Å²) in [6.45, 7) is 0.122. The van der Waals surface area contributed by atoms with Crippen molar-refractivity contribution < 1.29 is 22.5 Å². The van der Waals surface area contributed by atoms with Gasteiger partial charge in [0.1, 0.15) is 11.6 Å². The number of hydrogen-bond donors (Lipinski definition) is 0. The fourth-order valence-electron chi connectivity index (χ4n) is 2.86. The Morgan fingerprint density at radius 3 is 2.81 bits per heavy atom. The number of hydrogen-bond acceptors (Lipinski definition) is 5. The van der Waals surface area contributed by atoms with Crippen molar-refractivity contribution in [2.45, 2.75) is 38.3 Å². The maximum absolute atomic E-state index is 13.9. The number of aromatic nitrogens is 2. The lowest BCUT2D eigenvalue weighted by Crippen LogP contribution is -2.33. The Balaban J connectivity index is 1.39. The van der Waals surface area contributed by atoms with Gasteiger partial charge in [-0.25, -0.2) is 8.78 Å². The maximum Gasteiger partial charge on any atom is 0.238 e. The van der Waals surface area contributed by atoms with E-state index in [4.69, 9.17) is 8.94 Å². The molecule has 8 heteroatoms. The maximum atomic E-state index is 13.9. The first-order valence-electron chi connectivity index (χ1n) is 8.70. The fourth-order valence-corrected chi connectivity index (χ4v) is 2.86. The predicted molar refractivity (Wildman–Crippen MR) is 90.3 cm³/mol. The summed E-state index contributed by atoms with van der Waals surface area (Å²) in [6.07, 6.45) is 3.73. The third-order valence-corrected chi connectivity index (χ3v) is 4.43. The number of benzene rings is 1. The zero-order valence-electron chi connectivity index (χ0n) is 14.4. The molecule has 0 spiro atoms. The van der Waals surface area contributed by atoms with Crippen molar-refractivity contribution in [3.63, 3.8) is 0 Å². The molecule has 0 saturated heterocycles. The minimum absolute atomic E-state index is 0.100. The molecule has 2 heterocycles. The number of amides is 1. The Labute approximate surface area is 153 Å². The zero-order chi connectivity index (χ0) is 18.8. The largest absolute Gasteiger partial charge is 0.461 e. The number of carbonyl (C=O) groups is 1. The van der Waals surface area contributed by atoms with E-state index in [2.05, 4.69) is 10.1 Å². The van der Waals surface area contributed by atoms with Crippen LogP contribution in [0.15, 0.2) is 45.5 Å². The number of aryl methyl sites for hydroxylation is 1. The highest BCUT2D eigenvalue weighted by molar-refractivity contribution is 5.77. The fraction of sp³-hybridized carbons (Fsp3) is 0.316.